The molecule has 1 heterocycles. The Labute approximate surface area is 165 Å². The molecule has 150 valence electrons. The zero-order chi connectivity index (χ0) is 20.1. The van der Waals surface area contributed by atoms with E-state index in [1.54, 1.807) is 25.1 Å². The summed E-state index contributed by atoms with van der Waals surface area (Å²) in [5, 5.41) is 0. The van der Waals surface area contributed by atoms with Gasteiger partial charge in [0, 0.05) is 12.6 Å². The van der Waals surface area contributed by atoms with Crippen molar-refractivity contribution in [3.8, 4) is 5.75 Å². The average molecular weight is 385 g/mol. The van der Waals surface area contributed by atoms with Crippen LogP contribution in [0.5, 0.6) is 5.75 Å². The molecule has 1 saturated carbocycles. The van der Waals surface area contributed by atoms with Crippen LogP contribution in [0.2, 0.25) is 0 Å². The van der Waals surface area contributed by atoms with E-state index in [-0.39, 0.29) is 11.9 Å². The number of nitrogens with two attached hydrogens (primary N) is 1. The van der Waals surface area contributed by atoms with Crippen molar-refractivity contribution < 1.29 is 19.1 Å². The second-order valence-electron chi connectivity index (χ2n) is 7.46. The topological polar surface area (TPSA) is 103 Å². The van der Waals surface area contributed by atoms with Gasteiger partial charge in [0.1, 0.15) is 11.7 Å². The lowest BCUT2D eigenvalue weighted by Crippen LogP contribution is -2.36. The summed E-state index contributed by atoms with van der Waals surface area (Å²) in [5.41, 5.74) is 7.14. The smallest absolute Gasteiger partial charge is 0.317 e. The molecule has 1 aromatic rings. The number of carbonyl (C=O) groups excluding carboxylic acids is 2. The molecule has 0 spiro atoms. The van der Waals surface area contributed by atoms with Gasteiger partial charge in [0.2, 0.25) is 5.96 Å². The molecule has 7 nitrogen and oxygen atoms in total. The monoisotopic (exact) mass is 385 g/mol. The van der Waals surface area contributed by atoms with Gasteiger partial charge in [-0.2, -0.15) is 0 Å². The second kappa shape index (κ2) is 8.99. The Morgan fingerprint density at radius 3 is 2.68 bits per heavy atom. The first-order chi connectivity index (χ1) is 13.4. The molecular formula is C21H27N3O4. The first kappa shape index (κ1) is 20.0. The molecular weight excluding hydrogens is 358 g/mol. The number of benzene rings is 1. The Morgan fingerprint density at radius 2 is 1.96 bits per heavy atom. The zero-order valence-electron chi connectivity index (χ0n) is 16.4. The minimum absolute atomic E-state index is 0.122. The van der Waals surface area contributed by atoms with Gasteiger partial charge >= 0.3 is 11.9 Å². The van der Waals surface area contributed by atoms with E-state index in [4.69, 9.17) is 15.2 Å². The Morgan fingerprint density at radius 1 is 1.21 bits per heavy atom. The van der Waals surface area contributed by atoms with Crippen LogP contribution in [0.15, 0.2) is 34.3 Å². The van der Waals surface area contributed by atoms with Crippen LogP contribution in [-0.2, 0) is 14.3 Å². The normalized spacial score (nSPS) is 22.8. The lowest BCUT2D eigenvalue weighted by molar-refractivity contribution is -0.148. The minimum Gasteiger partial charge on any atom is -0.465 e. The molecule has 0 radical (unpaired) electrons. The molecule has 0 amide bonds. The number of carbonyl (C=O) groups is 2. The van der Waals surface area contributed by atoms with Crippen LogP contribution in [0.4, 0.5) is 0 Å². The third-order valence-corrected chi connectivity index (χ3v) is 5.23. The van der Waals surface area contributed by atoms with Gasteiger partial charge in [0.15, 0.2) is 0 Å². The summed E-state index contributed by atoms with van der Waals surface area (Å²) < 4.78 is 10.8. The third kappa shape index (κ3) is 4.97. The summed E-state index contributed by atoms with van der Waals surface area (Å²) in [6.07, 6.45) is 5.85. The molecule has 1 aliphatic carbocycles. The largest absolute Gasteiger partial charge is 0.465 e. The summed E-state index contributed by atoms with van der Waals surface area (Å²) >= 11 is 0. The van der Waals surface area contributed by atoms with Gasteiger partial charge in [0.05, 0.1) is 12.6 Å². The molecule has 0 aromatic heterocycles. The van der Waals surface area contributed by atoms with Crippen molar-refractivity contribution in [3.05, 3.63) is 29.8 Å². The quantitative estimate of drug-likeness (QED) is 0.619. The molecule has 2 N–H and O–H groups in total. The average Bonchev–Trinajstić information content (AvgIpc) is 2.66. The SMILES string of the molecule is CC(=O)Oc1cccc(C2N=C(N)N=C(C)C2C(=O)OCC2CCCCC2)c1. The standard InChI is InChI=1S/C21H27N3O4/c1-13-18(20(26)27-12-15-7-4-3-5-8-15)19(24-21(22)23-13)16-9-6-10-17(11-16)28-14(2)25/h6,9-11,15,18-19H,3-5,7-8,12H2,1-2H3,(H2,22,24). The highest BCUT2D eigenvalue weighted by Crippen LogP contribution is 2.33. The Hall–Kier alpha value is -2.70. The highest BCUT2D eigenvalue weighted by Gasteiger charge is 2.36. The molecule has 1 fully saturated rings. The number of aliphatic imine (C=N–C) groups is 2. The lowest BCUT2D eigenvalue weighted by atomic mass is 9.88. The van der Waals surface area contributed by atoms with E-state index in [0.717, 1.165) is 18.4 Å². The molecule has 2 atom stereocenters. The number of nitrogens with zero attached hydrogens (tertiary/aromatic N) is 2. The molecule has 2 unspecified atom stereocenters. The first-order valence-corrected chi connectivity index (χ1v) is 9.77. The van der Waals surface area contributed by atoms with E-state index >= 15 is 0 Å². The van der Waals surface area contributed by atoms with Gasteiger partial charge < -0.3 is 15.2 Å². The van der Waals surface area contributed by atoms with Gasteiger partial charge in [-0.1, -0.05) is 31.4 Å². The number of rotatable bonds is 5. The van der Waals surface area contributed by atoms with Crippen LogP contribution >= 0.6 is 0 Å². The van der Waals surface area contributed by atoms with E-state index in [0.29, 0.717) is 24.0 Å². The zero-order valence-corrected chi connectivity index (χ0v) is 16.4. The van der Waals surface area contributed by atoms with Crippen LogP contribution in [0.25, 0.3) is 0 Å². The number of ether oxygens (including phenoxy) is 2. The predicted octanol–water partition coefficient (Wildman–Crippen LogP) is 3.18. The lowest BCUT2D eigenvalue weighted by Gasteiger charge is -2.28. The molecule has 1 aliphatic heterocycles. The Kier molecular flexibility index (Phi) is 6.44. The molecule has 28 heavy (non-hydrogen) atoms. The number of hydrogen-bond acceptors (Lipinski definition) is 7. The van der Waals surface area contributed by atoms with Crippen LogP contribution in [0.1, 0.15) is 57.6 Å². The van der Waals surface area contributed by atoms with Gasteiger partial charge in [-0.05, 0) is 43.4 Å². The van der Waals surface area contributed by atoms with Crippen molar-refractivity contribution in [2.45, 2.75) is 52.0 Å². The molecule has 7 heteroatoms. The molecule has 0 bridgehead atoms. The van der Waals surface area contributed by atoms with Gasteiger partial charge in [-0.3, -0.25) is 9.59 Å². The van der Waals surface area contributed by atoms with Gasteiger partial charge in [-0.25, -0.2) is 9.98 Å². The molecule has 2 aliphatic rings. The molecule has 0 saturated heterocycles. The second-order valence-corrected chi connectivity index (χ2v) is 7.46. The van der Waals surface area contributed by atoms with Crippen LogP contribution in [0, 0.1) is 11.8 Å². The first-order valence-electron chi connectivity index (χ1n) is 9.77. The van der Waals surface area contributed by atoms with Crippen molar-refractivity contribution in [2.24, 2.45) is 27.6 Å². The summed E-state index contributed by atoms with van der Waals surface area (Å²) in [7, 11) is 0. The highest BCUT2D eigenvalue weighted by atomic mass is 16.5. The number of guanidine groups is 1. The molecule has 3 rings (SSSR count). The van der Waals surface area contributed by atoms with Crippen LogP contribution in [0.3, 0.4) is 0 Å². The molecule has 1 aromatic carbocycles. The Balaban J connectivity index is 1.78. The fourth-order valence-corrected chi connectivity index (χ4v) is 3.86. The van der Waals surface area contributed by atoms with Crippen LogP contribution < -0.4 is 10.5 Å². The van der Waals surface area contributed by atoms with E-state index in [9.17, 15) is 9.59 Å². The van der Waals surface area contributed by atoms with Crippen molar-refractivity contribution in [2.75, 3.05) is 6.61 Å². The number of esters is 2. The Bertz CT molecular complexity index is 797. The van der Waals surface area contributed by atoms with E-state index in [2.05, 4.69) is 9.98 Å². The third-order valence-electron chi connectivity index (χ3n) is 5.23. The van der Waals surface area contributed by atoms with Crippen molar-refractivity contribution in [1.29, 1.82) is 0 Å². The maximum Gasteiger partial charge on any atom is 0.317 e. The minimum atomic E-state index is -0.650. The fraction of sp³-hybridized carbons (Fsp3) is 0.524. The highest BCUT2D eigenvalue weighted by molar-refractivity contribution is 6.08. The maximum absolute atomic E-state index is 12.9. The van der Waals surface area contributed by atoms with E-state index in [1.165, 1.54) is 26.2 Å². The van der Waals surface area contributed by atoms with Crippen molar-refractivity contribution in [3.63, 3.8) is 0 Å². The van der Waals surface area contributed by atoms with Crippen molar-refractivity contribution >= 4 is 23.6 Å². The summed E-state index contributed by atoms with van der Waals surface area (Å²) in [5.74, 6) is -0.456. The van der Waals surface area contributed by atoms with Gasteiger partial charge in [0.25, 0.3) is 0 Å². The fourth-order valence-electron chi connectivity index (χ4n) is 3.86. The van der Waals surface area contributed by atoms with E-state index in [1.807, 2.05) is 6.07 Å². The predicted molar refractivity (Wildman–Crippen MR) is 106 cm³/mol. The number of hydrogen-bond donors (Lipinski definition) is 1. The van der Waals surface area contributed by atoms with E-state index < -0.39 is 17.9 Å². The van der Waals surface area contributed by atoms with Crippen LogP contribution in [-0.4, -0.2) is 30.2 Å². The maximum atomic E-state index is 12.9. The summed E-state index contributed by atoms with van der Waals surface area (Å²) in [4.78, 5) is 32.7. The van der Waals surface area contributed by atoms with Gasteiger partial charge in [-0.15, -0.1) is 0 Å². The van der Waals surface area contributed by atoms with Crippen molar-refractivity contribution in [1.82, 2.24) is 0 Å². The summed E-state index contributed by atoms with van der Waals surface area (Å²) in [6.45, 7) is 3.53. The summed E-state index contributed by atoms with van der Waals surface area (Å²) in [6, 6.07) is 6.40.